The van der Waals surface area contributed by atoms with Gasteiger partial charge in [-0.15, -0.1) is 0 Å². The topological polar surface area (TPSA) is 70.3 Å². The van der Waals surface area contributed by atoms with Gasteiger partial charge in [0.05, 0.1) is 0 Å². The summed E-state index contributed by atoms with van der Waals surface area (Å²) in [5.41, 5.74) is 8.85. The van der Waals surface area contributed by atoms with Gasteiger partial charge in [-0.2, -0.15) is 4.39 Å². The highest BCUT2D eigenvalue weighted by molar-refractivity contribution is 5.50. The number of hydrogen-bond donors (Lipinski definition) is 2. The van der Waals surface area contributed by atoms with Crippen molar-refractivity contribution in [3.63, 3.8) is 0 Å². The number of anilines is 2. The van der Waals surface area contributed by atoms with E-state index in [1.165, 1.54) is 11.9 Å². The second kappa shape index (κ2) is 10.6. The average Bonchev–Trinajstić information content (AvgIpc) is 2.73. The smallest absolute Gasteiger partial charge is 0.207 e. The van der Waals surface area contributed by atoms with Crippen LogP contribution in [0.5, 0.6) is 0 Å². The monoisotopic (exact) mass is 426 g/mol. The van der Waals surface area contributed by atoms with Crippen LogP contribution >= 0.6 is 0 Å². The predicted octanol–water partition coefficient (Wildman–Crippen LogP) is 3.66. The summed E-state index contributed by atoms with van der Waals surface area (Å²) in [4.78, 5) is 12.5. The zero-order valence-electron chi connectivity index (χ0n) is 18.9. The zero-order chi connectivity index (χ0) is 22.4. The Morgan fingerprint density at radius 2 is 2.13 bits per heavy atom. The predicted molar refractivity (Wildman–Crippen MR) is 125 cm³/mol. The molecule has 3 rings (SSSR count). The quantitative estimate of drug-likeness (QED) is 0.638. The maximum Gasteiger partial charge on any atom is 0.207 e. The Balaban J connectivity index is 1.61. The van der Waals surface area contributed by atoms with Crippen molar-refractivity contribution in [1.29, 1.82) is 0 Å². The Morgan fingerprint density at radius 3 is 2.84 bits per heavy atom. The first-order valence-electron chi connectivity index (χ1n) is 11.1. The number of aromatic nitrogens is 2. The van der Waals surface area contributed by atoms with Gasteiger partial charge in [-0.25, -0.2) is 9.97 Å². The van der Waals surface area contributed by atoms with Gasteiger partial charge in [0.25, 0.3) is 0 Å². The number of nitrogens with zero attached hydrogens (tertiary/aromatic N) is 4. The van der Waals surface area contributed by atoms with Crippen LogP contribution in [0.3, 0.4) is 0 Å². The normalized spacial score (nSPS) is 19.2. The largest absolute Gasteiger partial charge is 0.401 e. The van der Waals surface area contributed by atoms with Crippen molar-refractivity contribution in [1.82, 2.24) is 14.9 Å². The molecule has 0 amide bonds. The molecule has 1 aromatic carbocycles. The number of likely N-dealkylation sites (tertiary alicyclic amines) is 1. The maximum atomic E-state index is 15.2. The molecule has 0 aliphatic carbocycles. The summed E-state index contributed by atoms with van der Waals surface area (Å²) < 4.78 is 15.2. The van der Waals surface area contributed by atoms with E-state index in [1.54, 1.807) is 0 Å². The molecule has 0 radical (unpaired) electrons. The number of nitrogens with two attached hydrogens (primary N) is 1. The van der Waals surface area contributed by atoms with E-state index < -0.39 is 5.82 Å². The summed E-state index contributed by atoms with van der Waals surface area (Å²) in [6.07, 6.45) is 3.44. The standard InChI is InChI=1S/C24H35FN6/c1-5-19-7-6-8-20(11-19)15-30(4)24-22(25)23(28-16-29-24)27-12-21-9-10-31(13-17(21)2)14-18(3)26/h6-8,11,16-17,21H,3,5,9-10,12-15,26H2,1-2,4H3,(H,27,28,29)/t17-,21?/m0/s1. The molecule has 2 aromatic rings. The molecule has 1 fully saturated rings. The molecule has 7 heteroatoms. The number of aryl methyl sites for hydroxylation is 1. The van der Waals surface area contributed by atoms with Crippen LogP contribution in [0, 0.1) is 17.7 Å². The lowest BCUT2D eigenvalue weighted by Crippen LogP contribution is -2.42. The van der Waals surface area contributed by atoms with E-state index in [0.29, 0.717) is 36.4 Å². The van der Waals surface area contributed by atoms with Crippen molar-refractivity contribution in [3.05, 3.63) is 59.8 Å². The van der Waals surface area contributed by atoms with Gasteiger partial charge < -0.3 is 16.0 Å². The van der Waals surface area contributed by atoms with Crippen molar-refractivity contribution in [2.45, 2.75) is 33.2 Å². The van der Waals surface area contributed by atoms with Crippen molar-refractivity contribution in [3.8, 4) is 0 Å². The molecule has 2 atom stereocenters. The van der Waals surface area contributed by atoms with Crippen LogP contribution in [0.1, 0.15) is 31.4 Å². The van der Waals surface area contributed by atoms with Crippen LogP contribution in [0.25, 0.3) is 0 Å². The fraction of sp³-hybridized carbons (Fsp3) is 0.500. The highest BCUT2D eigenvalue weighted by Crippen LogP contribution is 2.26. The summed E-state index contributed by atoms with van der Waals surface area (Å²) in [5, 5.41) is 3.23. The van der Waals surface area contributed by atoms with Crippen LogP contribution in [0.2, 0.25) is 0 Å². The summed E-state index contributed by atoms with van der Waals surface area (Å²) in [7, 11) is 1.86. The molecule has 0 saturated carbocycles. The molecule has 0 spiro atoms. The van der Waals surface area contributed by atoms with Gasteiger partial charge in [0, 0.05) is 38.9 Å². The Morgan fingerprint density at radius 1 is 1.35 bits per heavy atom. The fourth-order valence-electron chi connectivity index (χ4n) is 4.29. The van der Waals surface area contributed by atoms with Crippen molar-refractivity contribution in [2.24, 2.45) is 17.6 Å². The SMILES string of the molecule is C=C(N)CN1CCC(CNc2ncnc(N(C)Cc3cccc(CC)c3)c2F)[C@@H](C)C1. The van der Waals surface area contributed by atoms with Gasteiger partial charge in [0.15, 0.2) is 11.6 Å². The summed E-state index contributed by atoms with van der Waals surface area (Å²) in [6.45, 7) is 12.1. The minimum absolute atomic E-state index is 0.268. The van der Waals surface area contributed by atoms with Crippen LogP contribution in [-0.2, 0) is 13.0 Å². The maximum absolute atomic E-state index is 15.2. The molecule has 0 bridgehead atoms. The van der Waals surface area contributed by atoms with Crippen molar-refractivity contribution in [2.75, 3.05) is 43.4 Å². The lowest BCUT2D eigenvalue weighted by molar-refractivity contribution is 0.145. The molecular formula is C24H35FN6. The Labute approximate surface area is 185 Å². The van der Waals surface area contributed by atoms with Gasteiger partial charge in [-0.1, -0.05) is 44.7 Å². The van der Waals surface area contributed by atoms with E-state index in [0.717, 1.165) is 38.0 Å². The minimum atomic E-state index is -0.402. The van der Waals surface area contributed by atoms with Gasteiger partial charge >= 0.3 is 0 Å². The number of benzene rings is 1. The second-order valence-electron chi connectivity index (χ2n) is 8.69. The summed E-state index contributed by atoms with van der Waals surface area (Å²) in [6, 6.07) is 8.36. The Kier molecular flexibility index (Phi) is 7.85. The minimum Gasteiger partial charge on any atom is -0.401 e. The van der Waals surface area contributed by atoms with E-state index in [-0.39, 0.29) is 5.82 Å². The molecule has 1 aromatic heterocycles. The van der Waals surface area contributed by atoms with Crippen molar-refractivity contribution >= 4 is 11.6 Å². The second-order valence-corrected chi connectivity index (χ2v) is 8.69. The molecule has 3 N–H and O–H groups in total. The highest BCUT2D eigenvalue weighted by atomic mass is 19.1. The molecule has 1 aliphatic rings. The fourth-order valence-corrected chi connectivity index (χ4v) is 4.29. The summed E-state index contributed by atoms with van der Waals surface area (Å²) >= 11 is 0. The third-order valence-electron chi connectivity index (χ3n) is 6.08. The molecule has 2 heterocycles. The number of hydrogen-bond acceptors (Lipinski definition) is 6. The van der Waals surface area contributed by atoms with Gasteiger partial charge in [0.1, 0.15) is 6.33 Å². The van der Waals surface area contributed by atoms with Crippen LogP contribution in [0.15, 0.2) is 42.9 Å². The third-order valence-corrected chi connectivity index (χ3v) is 6.08. The first kappa shape index (κ1) is 23.0. The lowest BCUT2D eigenvalue weighted by Gasteiger charge is -2.37. The van der Waals surface area contributed by atoms with Gasteiger partial charge in [0.2, 0.25) is 5.82 Å². The molecule has 1 unspecified atom stereocenters. The molecule has 168 valence electrons. The summed E-state index contributed by atoms with van der Waals surface area (Å²) in [5.74, 6) is 1.11. The van der Waals surface area contributed by atoms with Gasteiger partial charge in [-0.3, -0.25) is 4.90 Å². The Hall–Kier alpha value is -2.67. The van der Waals surface area contributed by atoms with E-state index in [4.69, 9.17) is 5.73 Å². The molecular weight excluding hydrogens is 391 g/mol. The molecule has 1 aliphatic heterocycles. The van der Waals surface area contributed by atoms with Crippen LogP contribution in [0.4, 0.5) is 16.0 Å². The molecule has 6 nitrogen and oxygen atoms in total. The van der Waals surface area contributed by atoms with E-state index in [9.17, 15) is 0 Å². The highest BCUT2D eigenvalue weighted by Gasteiger charge is 2.26. The average molecular weight is 427 g/mol. The van der Waals surface area contributed by atoms with E-state index >= 15 is 4.39 Å². The van der Waals surface area contributed by atoms with E-state index in [2.05, 4.69) is 58.8 Å². The van der Waals surface area contributed by atoms with Gasteiger partial charge in [-0.05, 0) is 42.3 Å². The molecule has 31 heavy (non-hydrogen) atoms. The Bertz CT molecular complexity index is 886. The number of rotatable bonds is 9. The number of halogens is 1. The molecule has 1 saturated heterocycles. The van der Waals surface area contributed by atoms with Crippen LogP contribution in [-0.4, -0.2) is 48.1 Å². The first-order valence-corrected chi connectivity index (χ1v) is 11.1. The third kappa shape index (κ3) is 6.17. The number of nitrogens with one attached hydrogen (secondary N) is 1. The lowest BCUT2D eigenvalue weighted by atomic mass is 9.86. The van der Waals surface area contributed by atoms with Crippen molar-refractivity contribution < 1.29 is 4.39 Å². The van der Waals surface area contributed by atoms with E-state index in [1.807, 2.05) is 18.0 Å². The number of piperidine rings is 1. The van der Waals surface area contributed by atoms with Crippen LogP contribution < -0.4 is 16.0 Å². The first-order chi connectivity index (χ1) is 14.9. The zero-order valence-corrected chi connectivity index (χ0v) is 18.9.